The fourth-order valence-corrected chi connectivity index (χ4v) is 3.23. The maximum atomic E-state index is 12.1. The number of nitrogens with zero attached hydrogens (tertiary/aromatic N) is 3. The molecule has 0 spiro atoms. The van der Waals surface area contributed by atoms with Gasteiger partial charge in [-0.25, -0.2) is 9.78 Å². The van der Waals surface area contributed by atoms with Crippen LogP contribution in [0.5, 0.6) is 0 Å². The molecule has 6 nitrogen and oxygen atoms in total. The Morgan fingerprint density at radius 1 is 1.38 bits per heavy atom. The van der Waals surface area contributed by atoms with Crippen LogP contribution in [0.4, 0.5) is 0 Å². The molecule has 2 heterocycles. The highest BCUT2D eigenvalue weighted by molar-refractivity contribution is 7.16. The van der Waals surface area contributed by atoms with Crippen LogP contribution in [0, 0.1) is 0 Å². The maximum absolute atomic E-state index is 12.1. The van der Waals surface area contributed by atoms with Crippen molar-refractivity contribution in [3.8, 4) is 0 Å². The molecule has 0 N–H and O–H groups in total. The molecular formula is C15H11Cl2N3O3S. The van der Waals surface area contributed by atoms with Crippen LogP contribution in [-0.4, -0.2) is 20.6 Å². The van der Waals surface area contributed by atoms with Crippen LogP contribution in [-0.2, 0) is 17.8 Å². The molecule has 3 rings (SSSR count). The molecule has 0 aliphatic rings. The predicted octanol–water partition coefficient (Wildman–Crippen LogP) is 3.38. The summed E-state index contributed by atoms with van der Waals surface area (Å²) < 4.78 is 6.42. The van der Waals surface area contributed by atoms with E-state index in [4.69, 9.17) is 27.9 Å². The minimum absolute atomic E-state index is 0.127. The summed E-state index contributed by atoms with van der Waals surface area (Å²) in [6.45, 7) is 1.80. The fraction of sp³-hybridized carbons (Fsp3) is 0.200. The van der Waals surface area contributed by atoms with Gasteiger partial charge in [-0.05, 0) is 18.6 Å². The number of rotatable bonds is 4. The van der Waals surface area contributed by atoms with E-state index in [9.17, 15) is 9.59 Å². The zero-order valence-corrected chi connectivity index (χ0v) is 14.8. The molecule has 0 amide bonds. The van der Waals surface area contributed by atoms with Gasteiger partial charge in [-0.3, -0.25) is 4.79 Å². The summed E-state index contributed by atoms with van der Waals surface area (Å²) in [5.74, 6) is -0.636. The summed E-state index contributed by atoms with van der Waals surface area (Å²) in [6, 6.07) is 5.98. The van der Waals surface area contributed by atoms with Gasteiger partial charge < -0.3 is 4.74 Å². The van der Waals surface area contributed by atoms with Crippen molar-refractivity contribution in [1.82, 2.24) is 14.6 Å². The van der Waals surface area contributed by atoms with Gasteiger partial charge in [-0.2, -0.15) is 9.61 Å². The molecule has 0 aliphatic heterocycles. The van der Waals surface area contributed by atoms with Crippen molar-refractivity contribution in [3.63, 3.8) is 0 Å². The Kier molecular flexibility index (Phi) is 4.84. The molecule has 0 atom stereocenters. The van der Waals surface area contributed by atoms with Crippen LogP contribution >= 0.6 is 34.5 Å². The van der Waals surface area contributed by atoms with Gasteiger partial charge in [0.25, 0.3) is 5.56 Å². The lowest BCUT2D eigenvalue weighted by Gasteiger charge is -2.06. The minimum atomic E-state index is -0.636. The van der Waals surface area contributed by atoms with Crippen molar-refractivity contribution in [2.75, 3.05) is 0 Å². The Hall–Kier alpha value is -1.96. The third-order valence-electron chi connectivity index (χ3n) is 3.17. The van der Waals surface area contributed by atoms with Crippen LogP contribution in [0.3, 0.4) is 0 Å². The van der Waals surface area contributed by atoms with Crippen LogP contribution in [0.2, 0.25) is 10.0 Å². The van der Waals surface area contributed by atoms with E-state index < -0.39 is 5.97 Å². The first-order valence-electron chi connectivity index (χ1n) is 6.99. The number of aryl methyl sites for hydroxylation is 1. The first kappa shape index (κ1) is 16.9. The van der Waals surface area contributed by atoms with Gasteiger partial charge >= 0.3 is 5.97 Å². The summed E-state index contributed by atoms with van der Waals surface area (Å²) in [7, 11) is 0. The Labute approximate surface area is 150 Å². The van der Waals surface area contributed by atoms with Crippen LogP contribution in [0.15, 0.2) is 29.1 Å². The van der Waals surface area contributed by atoms with Crippen molar-refractivity contribution < 1.29 is 9.53 Å². The summed E-state index contributed by atoms with van der Waals surface area (Å²) in [4.78, 5) is 28.9. The molecule has 0 saturated heterocycles. The summed E-state index contributed by atoms with van der Waals surface area (Å²) >= 11 is 13.2. The molecule has 1 aromatic carbocycles. The number of fused-ring (bicyclic) bond motifs is 1. The number of hydrogen-bond acceptors (Lipinski definition) is 6. The normalized spacial score (nSPS) is 11.0. The van der Waals surface area contributed by atoms with E-state index >= 15 is 0 Å². The van der Waals surface area contributed by atoms with E-state index in [0.29, 0.717) is 17.1 Å². The number of carbonyl (C=O) groups is 1. The lowest BCUT2D eigenvalue weighted by molar-refractivity contribution is 0.0468. The van der Waals surface area contributed by atoms with Crippen molar-refractivity contribution in [2.24, 2.45) is 0 Å². The lowest BCUT2D eigenvalue weighted by atomic mass is 10.2. The Morgan fingerprint density at radius 2 is 2.17 bits per heavy atom. The zero-order valence-electron chi connectivity index (χ0n) is 12.5. The largest absolute Gasteiger partial charge is 0.456 e. The van der Waals surface area contributed by atoms with E-state index in [1.807, 2.05) is 6.92 Å². The van der Waals surface area contributed by atoms with Crippen molar-refractivity contribution in [1.29, 1.82) is 0 Å². The second kappa shape index (κ2) is 6.88. The number of halogens is 2. The third-order valence-corrected chi connectivity index (χ3v) is 5.04. The van der Waals surface area contributed by atoms with Gasteiger partial charge in [-0.1, -0.05) is 47.5 Å². The topological polar surface area (TPSA) is 73.6 Å². The number of esters is 1. The molecule has 0 unspecified atom stereocenters. The Morgan fingerprint density at radius 3 is 2.92 bits per heavy atom. The van der Waals surface area contributed by atoms with Gasteiger partial charge in [-0.15, -0.1) is 0 Å². The number of benzene rings is 1. The van der Waals surface area contributed by atoms with E-state index in [1.165, 1.54) is 28.0 Å². The van der Waals surface area contributed by atoms with Gasteiger partial charge in [0, 0.05) is 6.07 Å². The van der Waals surface area contributed by atoms with E-state index in [2.05, 4.69) is 10.1 Å². The standard InChI is InChI=1S/C15H11Cl2N3O3S/c1-2-11-19-20-12(21)6-8(18-15(20)24-11)7-23-14(22)9-4-3-5-10(16)13(9)17/h3-6H,2,7H2,1H3. The highest BCUT2D eigenvalue weighted by atomic mass is 35.5. The Bertz CT molecular complexity index is 984. The van der Waals surface area contributed by atoms with Crippen LogP contribution in [0.25, 0.3) is 4.96 Å². The van der Waals surface area contributed by atoms with Crippen LogP contribution in [0.1, 0.15) is 28.0 Å². The molecule has 0 aliphatic carbocycles. The SMILES string of the molecule is CCc1nn2c(=O)cc(COC(=O)c3cccc(Cl)c3Cl)nc2s1. The van der Waals surface area contributed by atoms with Gasteiger partial charge in [0.1, 0.15) is 11.6 Å². The molecule has 24 heavy (non-hydrogen) atoms. The quantitative estimate of drug-likeness (QED) is 0.645. The molecule has 124 valence electrons. The monoisotopic (exact) mass is 383 g/mol. The maximum Gasteiger partial charge on any atom is 0.340 e. The second-order valence-corrected chi connectivity index (χ2v) is 6.63. The number of aromatic nitrogens is 3. The first-order chi connectivity index (χ1) is 11.5. The summed E-state index contributed by atoms with van der Waals surface area (Å²) in [6.07, 6.45) is 0.713. The predicted molar refractivity (Wildman–Crippen MR) is 92.1 cm³/mol. The lowest BCUT2D eigenvalue weighted by Crippen LogP contribution is -2.16. The smallest absolute Gasteiger partial charge is 0.340 e. The first-order valence-corrected chi connectivity index (χ1v) is 8.56. The molecular weight excluding hydrogens is 373 g/mol. The summed E-state index contributed by atoms with van der Waals surface area (Å²) in [5.41, 5.74) is 0.189. The fourth-order valence-electron chi connectivity index (χ4n) is 1.99. The average molecular weight is 384 g/mol. The van der Waals surface area contributed by atoms with Gasteiger partial charge in [0.2, 0.25) is 4.96 Å². The molecule has 3 aromatic rings. The van der Waals surface area contributed by atoms with Gasteiger partial charge in [0.05, 0.1) is 21.3 Å². The van der Waals surface area contributed by atoms with Crippen LogP contribution < -0.4 is 5.56 Å². The minimum Gasteiger partial charge on any atom is -0.456 e. The van der Waals surface area contributed by atoms with Crippen molar-refractivity contribution in [2.45, 2.75) is 20.0 Å². The van der Waals surface area contributed by atoms with E-state index in [-0.39, 0.29) is 27.8 Å². The summed E-state index contributed by atoms with van der Waals surface area (Å²) in [5, 5.41) is 5.35. The Balaban J connectivity index is 1.81. The molecule has 9 heteroatoms. The van der Waals surface area contributed by atoms with Crippen molar-refractivity contribution >= 4 is 45.5 Å². The second-order valence-electron chi connectivity index (χ2n) is 4.81. The average Bonchev–Trinajstić information content (AvgIpc) is 2.99. The molecule has 2 aromatic heterocycles. The zero-order chi connectivity index (χ0) is 17.3. The third kappa shape index (κ3) is 3.28. The molecule has 0 radical (unpaired) electrons. The van der Waals surface area contributed by atoms with Gasteiger partial charge in [0.15, 0.2) is 0 Å². The van der Waals surface area contributed by atoms with E-state index in [1.54, 1.807) is 12.1 Å². The molecule has 0 bridgehead atoms. The highest BCUT2D eigenvalue weighted by Crippen LogP contribution is 2.26. The molecule has 0 fully saturated rings. The highest BCUT2D eigenvalue weighted by Gasteiger charge is 2.15. The van der Waals surface area contributed by atoms with Crippen molar-refractivity contribution in [3.05, 3.63) is 60.9 Å². The van der Waals surface area contributed by atoms with E-state index in [0.717, 1.165) is 5.01 Å². The molecule has 0 saturated carbocycles. The number of carbonyl (C=O) groups excluding carboxylic acids is 1. The number of hydrogen-bond donors (Lipinski definition) is 0. The number of ether oxygens (including phenoxy) is 1.